The summed E-state index contributed by atoms with van der Waals surface area (Å²) in [6.07, 6.45) is 2.95. The third kappa shape index (κ3) is 3.97. The van der Waals surface area contributed by atoms with E-state index in [0.717, 1.165) is 18.7 Å². The fourth-order valence-electron chi connectivity index (χ4n) is 3.75. The van der Waals surface area contributed by atoms with Crippen molar-refractivity contribution in [3.63, 3.8) is 0 Å². The van der Waals surface area contributed by atoms with Crippen LogP contribution in [0.15, 0.2) is 60.0 Å². The number of thiophene rings is 1. The number of fused-ring (bicyclic) bond motifs is 1. The molecule has 3 aromatic rings. The summed E-state index contributed by atoms with van der Waals surface area (Å²) in [6, 6.07) is 19.1. The van der Waals surface area contributed by atoms with E-state index in [9.17, 15) is 4.79 Å². The predicted molar refractivity (Wildman–Crippen MR) is 109 cm³/mol. The smallest absolute Gasteiger partial charge is 0.224 e. The van der Waals surface area contributed by atoms with Gasteiger partial charge in [-0.2, -0.15) is 0 Å². The van der Waals surface area contributed by atoms with Gasteiger partial charge in [0.15, 0.2) is 0 Å². The highest BCUT2D eigenvalue weighted by Gasteiger charge is 2.24. The molecule has 1 fully saturated rings. The largest absolute Gasteiger partial charge is 0.354 e. The molecule has 1 aliphatic rings. The molecule has 1 saturated heterocycles. The number of hydrogen-bond donors (Lipinski definition) is 1. The van der Waals surface area contributed by atoms with Crippen molar-refractivity contribution in [2.24, 2.45) is 0 Å². The first kappa shape index (κ1) is 17.3. The lowest BCUT2D eigenvalue weighted by molar-refractivity contribution is -0.120. The molecule has 1 aromatic heterocycles. The molecule has 4 heteroatoms. The molecule has 1 N–H and O–H groups in total. The minimum Gasteiger partial charge on any atom is -0.354 e. The molecule has 1 unspecified atom stereocenters. The molecule has 3 nitrogen and oxygen atoms in total. The zero-order valence-corrected chi connectivity index (χ0v) is 15.7. The maximum absolute atomic E-state index is 12.5. The van der Waals surface area contributed by atoms with Gasteiger partial charge in [0, 0.05) is 11.4 Å². The average Bonchev–Trinajstić information content (AvgIpc) is 3.36. The van der Waals surface area contributed by atoms with E-state index in [0.29, 0.717) is 19.0 Å². The third-order valence-electron chi connectivity index (χ3n) is 5.12. The van der Waals surface area contributed by atoms with Gasteiger partial charge in [-0.3, -0.25) is 9.69 Å². The summed E-state index contributed by atoms with van der Waals surface area (Å²) in [6.45, 7) is 2.94. The fraction of sp³-hybridized carbons (Fsp3) is 0.318. The predicted octanol–water partition coefficient (Wildman–Crippen LogP) is 4.40. The van der Waals surface area contributed by atoms with Crippen LogP contribution in [0.4, 0.5) is 0 Å². The minimum atomic E-state index is 0.0982. The lowest BCUT2D eigenvalue weighted by atomic mass is 10.0. The van der Waals surface area contributed by atoms with Gasteiger partial charge >= 0.3 is 0 Å². The highest BCUT2D eigenvalue weighted by Crippen LogP contribution is 2.27. The first-order valence-corrected chi connectivity index (χ1v) is 10.2. The van der Waals surface area contributed by atoms with E-state index in [1.807, 2.05) is 12.1 Å². The Balaban J connectivity index is 1.39. The van der Waals surface area contributed by atoms with Crippen LogP contribution in [0.2, 0.25) is 0 Å². The Morgan fingerprint density at radius 2 is 1.85 bits per heavy atom. The van der Waals surface area contributed by atoms with Crippen LogP contribution in [-0.4, -0.2) is 30.4 Å². The second-order valence-corrected chi connectivity index (χ2v) is 7.92. The molecule has 0 spiro atoms. The standard InChI is InChI=1S/C22H24N2OS/c25-22(15-17-9-10-18-6-1-2-7-19(18)14-17)23-16-20(21-8-5-13-26-21)24-11-3-4-12-24/h1-2,5-10,13-14,20H,3-4,11-12,15-16H2,(H,23,25). The quantitative estimate of drug-likeness (QED) is 0.703. The number of likely N-dealkylation sites (tertiary alicyclic amines) is 1. The van der Waals surface area contributed by atoms with Crippen molar-refractivity contribution in [1.82, 2.24) is 10.2 Å². The number of benzene rings is 2. The Kier molecular flexibility index (Phi) is 5.32. The van der Waals surface area contributed by atoms with Gasteiger partial charge in [-0.25, -0.2) is 0 Å². The molecule has 134 valence electrons. The number of hydrogen-bond acceptors (Lipinski definition) is 3. The molecule has 0 aliphatic carbocycles. The van der Waals surface area contributed by atoms with E-state index in [4.69, 9.17) is 0 Å². The Labute approximate surface area is 158 Å². The van der Waals surface area contributed by atoms with E-state index in [1.165, 1.54) is 28.5 Å². The number of nitrogens with one attached hydrogen (secondary N) is 1. The Hall–Kier alpha value is -2.17. The molecule has 26 heavy (non-hydrogen) atoms. The number of rotatable bonds is 6. The van der Waals surface area contributed by atoms with E-state index >= 15 is 0 Å². The number of amides is 1. The van der Waals surface area contributed by atoms with Crippen LogP contribution in [0, 0.1) is 0 Å². The lowest BCUT2D eigenvalue weighted by Crippen LogP contribution is -2.37. The van der Waals surface area contributed by atoms with Gasteiger partial charge in [0.05, 0.1) is 12.5 Å². The van der Waals surface area contributed by atoms with Crippen molar-refractivity contribution in [2.75, 3.05) is 19.6 Å². The van der Waals surface area contributed by atoms with Crippen molar-refractivity contribution >= 4 is 28.0 Å². The molecule has 1 amide bonds. The fourth-order valence-corrected chi connectivity index (χ4v) is 4.61. The summed E-state index contributed by atoms with van der Waals surface area (Å²) >= 11 is 1.78. The van der Waals surface area contributed by atoms with E-state index in [-0.39, 0.29) is 5.91 Å². The van der Waals surface area contributed by atoms with E-state index < -0.39 is 0 Å². The van der Waals surface area contributed by atoms with Gasteiger partial charge in [-0.05, 0) is 53.7 Å². The van der Waals surface area contributed by atoms with Crippen LogP contribution in [0.5, 0.6) is 0 Å². The summed E-state index contributed by atoms with van der Waals surface area (Å²) in [4.78, 5) is 16.4. The van der Waals surface area contributed by atoms with Gasteiger partial charge in [0.25, 0.3) is 0 Å². The number of nitrogens with zero attached hydrogens (tertiary/aromatic N) is 1. The van der Waals surface area contributed by atoms with Gasteiger partial charge in [-0.1, -0.05) is 48.5 Å². The summed E-state index contributed by atoms with van der Waals surface area (Å²) in [5.41, 5.74) is 1.06. The van der Waals surface area contributed by atoms with Crippen LogP contribution in [0.3, 0.4) is 0 Å². The van der Waals surface area contributed by atoms with Crippen molar-refractivity contribution in [1.29, 1.82) is 0 Å². The average molecular weight is 365 g/mol. The minimum absolute atomic E-state index is 0.0982. The van der Waals surface area contributed by atoms with Crippen LogP contribution < -0.4 is 5.32 Å². The van der Waals surface area contributed by atoms with E-state index in [1.54, 1.807) is 11.3 Å². The zero-order chi connectivity index (χ0) is 17.8. The Morgan fingerprint density at radius 1 is 1.04 bits per heavy atom. The molecule has 1 atom stereocenters. The summed E-state index contributed by atoms with van der Waals surface area (Å²) in [5, 5.41) is 7.69. The molecule has 2 aromatic carbocycles. The molecule has 0 bridgehead atoms. The molecule has 0 radical (unpaired) electrons. The van der Waals surface area contributed by atoms with Crippen LogP contribution in [0.1, 0.15) is 29.3 Å². The maximum Gasteiger partial charge on any atom is 0.224 e. The molecule has 1 aliphatic heterocycles. The summed E-state index contributed by atoms with van der Waals surface area (Å²) in [5.74, 6) is 0.0982. The summed E-state index contributed by atoms with van der Waals surface area (Å²) < 4.78 is 0. The maximum atomic E-state index is 12.5. The van der Waals surface area contributed by atoms with Gasteiger partial charge in [-0.15, -0.1) is 11.3 Å². The lowest BCUT2D eigenvalue weighted by Gasteiger charge is -2.27. The summed E-state index contributed by atoms with van der Waals surface area (Å²) in [7, 11) is 0. The first-order valence-electron chi connectivity index (χ1n) is 9.31. The Morgan fingerprint density at radius 3 is 2.62 bits per heavy atom. The normalized spacial score (nSPS) is 16.0. The van der Waals surface area contributed by atoms with Crippen LogP contribution in [-0.2, 0) is 11.2 Å². The molecule has 2 heterocycles. The van der Waals surface area contributed by atoms with Crippen molar-refractivity contribution in [3.05, 3.63) is 70.4 Å². The monoisotopic (exact) mass is 364 g/mol. The topological polar surface area (TPSA) is 32.3 Å². The highest BCUT2D eigenvalue weighted by molar-refractivity contribution is 7.10. The van der Waals surface area contributed by atoms with Crippen LogP contribution in [0.25, 0.3) is 10.8 Å². The van der Waals surface area contributed by atoms with Gasteiger partial charge in [0.2, 0.25) is 5.91 Å². The SMILES string of the molecule is O=C(Cc1ccc2ccccc2c1)NCC(c1cccs1)N1CCCC1. The van der Waals surface area contributed by atoms with Crippen molar-refractivity contribution in [3.8, 4) is 0 Å². The molecular weight excluding hydrogens is 340 g/mol. The second kappa shape index (κ2) is 8.02. The van der Waals surface area contributed by atoms with Gasteiger partial charge in [0.1, 0.15) is 0 Å². The van der Waals surface area contributed by atoms with Crippen molar-refractivity contribution < 1.29 is 4.79 Å². The molecule has 4 rings (SSSR count). The van der Waals surface area contributed by atoms with Crippen molar-refractivity contribution in [2.45, 2.75) is 25.3 Å². The third-order valence-corrected chi connectivity index (χ3v) is 6.10. The molecular formula is C22H24N2OS. The van der Waals surface area contributed by atoms with Crippen LogP contribution >= 0.6 is 11.3 Å². The van der Waals surface area contributed by atoms with Gasteiger partial charge < -0.3 is 5.32 Å². The first-order chi connectivity index (χ1) is 12.8. The molecule has 0 saturated carbocycles. The number of carbonyl (C=O) groups is 1. The number of carbonyl (C=O) groups excluding carboxylic acids is 1. The second-order valence-electron chi connectivity index (χ2n) is 6.94. The highest BCUT2D eigenvalue weighted by atomic mass is 32.1. The Bertz CT molecular complexity index is 869. The zero-order valence-electron chi connectivity index (χ0n) is 14.9. The van der Waals surface area contributed by atoms with E-state index in [2.05, 4.69) is 58.1 Å².